The van der Waals surface area contributed by atoms with Crippen LogP contribution < -0.4 is 5.32 Å². The molecule has 0 aromatic carbocycles. The number of nitrogens with one attached hydrogen (secondary N) is 1. The number of aromatic nitrogens is 2. The van der Waals surface area contributed by atoms with Gasteiger partial charge in [0.2, 0.25) is 5.13 Å². The molecule has 0 spiro atoms. The van der Waals surface area contributed by atoms with E-state index in [2.05, 4.69) is 14.7 Å². The summed E-state index contributed by atoms with van der Waals surface area (Å²) in [7, 11) is -1.80. The molecule has 0 radical (unpaired) electrons. The van der Waals surface area contributed by atoms with Crippen molar-refractivity contribution in [3.05, 3.63) is 23.3 Å². The quantitative estimate of drug-likeness (QED) is 0.833. The summed E-state index contributed by atoms with van der Waals surface area (Å²) in [6.45, 7) is 4.94. The number of anilines is 1. The maximum Gasteiger partial charge on any atom is 0.252 e. The first-order valence-electron chi connectivity index (χ1n) is 6.48. The van der Waals surface area contributed by atoms with Gasteiger partial charge in [0.1, 0.15) is 10.0 Å². The molecule has 1 N–H and O–H groups in total. The second-order valence-corrected chi connectivity index (χ2v) is 8.77. The van der Waals surface area contributed by atoms with Gasteiger partial charge in [0.15, 0.2) is 0 Å². The van der Waals surface area contributed by atoms with Crippen LogP contribution in [0.1, 0.15) is 25.6 Å². The number of nitrogens with zero attached hydrogens (tertiary/aromatic N) is 3. The summed E-state index contributed by atoms with van der Waals surface area (Å²) in [6.07, 6.45) is 0. The van der Waals surface area contributed by atoms with Crippen molar-refractivity contribution in [3.8, 4) is 0 Å². The van der Waals surface area contributed by atoms with Gasteiger partial charge >= 0.3 is 0 Å². The minimum absolute atomic E-state index is 0.290. The van der Waals surface area contributed by atoms with Gasteiger partial charge in [-0.25, -0.2) is 13.4 Å². The molecule has 6 nitrogen and oxygen atoms in total. The zero-order chi connectivity index (χ0) is 15.5. The summed E-state index contributed by atoms with van der Waals surface area (Å²) in [4.78, 5) is 4.35. The SMILES string of the molecule is CC(C)c1nsc(NCCN(C)S(=O)(=O)c2cccs2)n1. The molecule has 0 bridgehead atoms. The fraction of sp³-hybridized carbons (Fsp3) is 0.500. The van der Waals surface area contributed by atoms with Crippen molar-refractivity contribution < 1.29 is 8.42 Å². The van der Waals surface area contributed by atoms with Crippen LogP contribution in [0.25, 0.3) is 0 Å². The predicted octanol–water partition coefficient (Wildman–Crippen LogP) is 2.46. The second-order valence-electron chi connectivity index (χ2n) is 4.80. The van der Waals surface area contributed by atoms with Crippen molar-refractivity contribution in [2.45, 2.75) is 24.0 Å². The summed E-state index contributed by atoms with van der Waals surface area (Å²) >= 11 is 2.52. The molecule has 2 heterocycles. The molecule has 116 valence electrons. The molecule has 0 fully saturated rings. The topological polar surface area (TPSA) is 75.2 Å². The van der Waals surface area contributed by atoms with Gasteiger partial charge in [0, 0.05) is 37.6 Å². The molecule has 0 amide bonds. The number of sulfonamides is 1. The van der Waals surface area contributed by atoms with Gasteiger partial charge in [0.05, 0.1) is 0 Å². The van der Waals surface area contributed by atoms with Crippen LogP contribution in [0.4, 0.5) is 5.13 Å². The molecular formula is C12H18N4O2S3. The van der Waals surface area contributed by atoms with E-state index in [9.17, 15) is 8.42 Å². The average Bonchev–Trinajstić information content (AvgIpc) is 3.10. The van der Waals surface area contributed by atoms with E-state index in [1.165, 1.54) is 27.2 Å². The Morgan fingerprint density at radius 2 is 2.19 bits per heavy atom. The summed E-state index contributed by atoms with van der Waals surface area (Å²) < 4.78 is 30.4. The maximum absolute atomic E-state index is 12.2. The highest BCUT2D eigenvalue weighted by molar-refractivity contribution is 7.91. The van der Waals surface area contributed by atoms with E-state index < -0.39 is 10.0 Å². The molecule has 0 aliphatic carbocycles. The van der Waals surface area contributed by atoms with Crippen molar-refractivity contribution in [3.63, 3.8) is 0 Å². The number of rotatable bonds is 7. The molecule has 0 saturated carbocycles. The Hall–Kier alpha value is -1.03. The number of hydrogen-bond donors (Lipinski definition) is 1. The van der Waals surface area contributed by atoms with Gasteiger partial charge in [-0.1, -0.05) is 19.9 Å². The normalized spacial score (nSPS) is 12.2. The standard InChI is InChI=1S/C12H18N4O2S3/c1-9(2)11-14-12(20-15-11)13-6-7-16(3)21(17,18)10-5-4-8-19-10/h4-5,8-9H,6-7H2,1-3H3,(H,13,14,15). The number of likely N-dealkylation sites (N-methyl/N-ethyl adjacent to an activating group) is 1. The van der Waals surface area contributed by atoms with Crippen LogP contribution in [0, 0.1) is 0 Å². The molecule has 2 rings (SSSR count). The van der Waals surface area contributed by atoms with Gasteiger partial charge in [0.25, 0.3) is 10.0 Å². The first-order valence-corrected chi connectivity index (χ1v) is 9.58. The fourth-order valence-corrected chi connectivity index (χ4v) is 4.65. The molecule has 0 aliphatic heterocycles. The third-order valence-electron chi connectivity index (χ3n) is 2.82. The molecule has 2 aromatic heterocycles. The van der Waals surface area contributed by atoms with Crippen LogP contribution in [-0.4, -0.2) is 42.2 Å². The lowest BCUT2D eigenvalue weighted by Gasteiger charge is -2.15. The zero-order valence-corrected chi connectivity index (χ0v) is 14.6. The Morgan fingerprint density at radius 1 is 1.43 bits per heavy atom. The summed E-state index contributed by atoms with van der Waals surface area (Å²) in [5.74, 6) is 1.10. The number of hydrogen-bond acceptors (Lipinski definition) is 7. The Kier molecular flexibility index (Phi) is 5.31. The minimum atomic E-state index is -3.38. The highest BCUT2D eigenvalue weighted by Crippen LogP contribution is 2.20. The fourth-order valence-electron chi connectivity index (χ4n) is 1.55. The van der Waals surface area contributed by atoms with E-state index in [1.807, 2.05) is 13.8 Å². The van der Waals surface area contributed by atoms with Crippen LogP contribution >= 0.6 is 22.9 Å². The lowest BCUT2D eigenvalue weighted by molar-refractivity contribution is 0.482. The molecule has 2 aromatic rings. The Labute approximate surface area is 133 Å². The van der Waals surface area contributed by atoms with Crippen LogP contribution in [0.15, 0.2) is 21.7 Å². The van der Waals surface area contributed by atoms with Gasteiger partial charge < -0.3 is 5.32 Å². The van der Waals surface area contributed by atoms with E-state index in [0.717, 1.165) is 11.0 Å². The average molecular weight is 347 g/mol. The minimum Gasteiger partial charge on any atom is -0.359 e. The van der Waals surface area contributed by atoms with Crippen LogP contribution in [-0.2, 0) is 10.0 Å². The van der Waals surface area contributed by atoms with Crippen molar-refractivity contribution in [1.82, 2.24) is 13.7 Å². The largest absolute Gasteiger partial charge is 0.359 e. The summed E-state index contributed by atoms with van der Waals surface area (Å²) in [5.41, 5.74) is 0. The number of thiophene rings is 1. The molecule has 9 heteroatoms. The molecule has 21 heavy (non-hydrogen) atoms. The molecular weight excluding hydrogens is 328 g/mol. The summed E-state index contributed by atoms with van der Waals surface area (Å²) in [6, 6.07) is 3.35. The van der Waals surface area contributed by atoms with E-state index in [1.54, 1.807) is 24.6 Å². The van der Waals surface area contributed by atoms with Crippen molar-refractivity contribution in [2.24, 2.45) is 0 Å². The second kappa shape index (κ2) is 6.82. The first-order chi connectivity index (χ1) is 9.91. The molecule has 0 aliphatic rings. The molecule has 0 unspecified atom stereocenters. The van der Waals surface area contributed by atoms with Gasteiger partial charge in [-0.3, -0.25) is 0 Å². The molecule has 0 saturated heterocycles. The van der Waals surface area contributed by atoms with Crippen molar-refractivity contribution in [1.29, 1.82) is 0 Å². The highest BCUT2D eigenvalue weighted by Gasteiger charge is 2.21. The maximum atomic E-state index is 12.2. The highest BCUT2D eigenvalue weighted by atomic mass is 32.2. The Bertz CT molecular complexity index is 664. The zero-order valence-electron chi connectivity index (χ0n) is 12.1. The van der Waals surface area contributed by atoms with Crippen molar-refractivity contribution >= 4 is 38.0 Å². The van der Waals surface area contributed by atoms with Gasteiger partial charge in [-0.05, 0) is 11.4 Å². The lowest BCUT2D eigenvalue weighted by atomic mass is 10.2. The van der Waals surface area contributed by atoms with E-state index in [4.69, 9.17) is 0 Å². The van der Waals surface area contributed by atoms with E-state index >= 15 is 0 Å². The molecule has 0 atom stereocenters. The first kappa shape index (κ1) is 16.3. The van der Waals surface area contributed by atoms with Gasteiger partial charge in [-0.15, -0.1) is 11.3 Å². The van der Waals surface area contributed by atoms with Crippen LogP contribution in [0.5, 0.6) is 0 Å². The van der Waals surface area contributed by atoms with Crippen LogP contribution in [0.2, 0.25) is 0 Å². The van der Waals surface area contributed by atoms with Crippen molar-refractivity contribution in [2.75, 3.05) is 25.5 Å². The predicted molar refractivity (Wildman–Crippen MR) is 86.6 cm³/mol. The smallest absolute Gasteiger partial charge is 0.252 e. The van der Waals surface area contributed by atoms with Gasteiger partial charge in [-0.2, -0.15) is 8.68 Å². The summed E-state index contributed by atoms with van der Waals surface area (Å²) in [5, 5.41) is 5.59. The Balaban J connectivity index is 1.88. The lowest BCUT2D eigenvalue weighted by Crippen LogP contribution is -2.31. The van der Waals surface area contributed by atoms with E-state index in [0.29, 0.717) is 23.2 Å². The third-order valence-corrected chi connectivity index (χ3v) is 6.74. The van der Waals surface area contributed by atoms with E-state index in [-0.39, 0.29) is 0 Å². The Morgan fingerprint density at radius 3 is 2.76 bits per heavy atom. The van der Waals surface area contributed by atoms with Crippen LogP contribution in [0.3, 0.4) is 0 Å². The third kappa shape index (κ3) is 4.00. The monoisotopic (exact) mass is 346 g/mol.